The summed E-state index contributed by atoms with van der Waals surface area (Å²) >= 11 is 0. The highest BCUT2D eigenvalue weighted by Crippen LogP contribution is 2.23. The molecular formula is C8H10O3. The second-order valence-corrected chi connectivity index (χ2v) is 2.51. The third-order valence-electron chi connectivity index (χ3n) is 1.86. The topological polar surface area (TPSA) is 43.4 Å². The van der Waals surface area contributed by atoms with E-state index in [0.717, 1.165) is 6.29 Å². The van der Waals surface area contributed by atoms with E-state index in [-0.39, 0.29) is 17.8 Å². The van der Waals surface area contributed by atoms with Crippen molar-refractivity contribution in [3.8, 4) is 0 Å². The molecule has 1 aliphatic carbocycles. The first kappa shape index (κ1) is 7.98. The average Bonchev–Trinajstić information content (AvgIpc) is 2.50. The molecule has 60 valence electrons. The fraction of sp³-hybridized carbons (Fsp3) is 0.500. The lowest BCUT2D eigenvalue weighted by Crippen LogP contribution is -2.20. The molecule has 0 radical (unpaired) electrons. The second kappa shape index (κ2) is 3.32. The van der Waals surface area contributed by atoms with Crippen LogP contribution in [0.5, 0.6) is 0 Å². The van der Waals surface area contributed by atoms with E-state index in [1.807, 2.05) is 6.08 Å². The zero-order chi connectivity index (χ0) is 8.27. The molecule has 0 saturated heterocycles. The number of methoxy groups -OCH3 is 1. The number of carbonyl (C=O) groups excluding carboxylic acids is 2. The first-order chi connectivity index (χ1) is 5.29. The quantitative estimate of drug-likeness (QED) is 0.331. The Balaban J connectivity index is 2.62. The van der Waals surface area contributed by atoms with Crippen LogP contribution in [-0.4, -0.2) is 19.4 Å². The molecule has 3 heteroatoms. The van der Waals surface area contributed by atoms with E-state index in [1.165, 1.54) is 7.11 Å². The van der Waals surface area contributed by atoms with Crippen molar-refractivity contribution in [2.24, 2.45) is 11.8 Å². The van der Waals surface area contributed by atoms with Crippen molar-refractivity contribution in [3.63, 3.8) is 0 Å². The van der Waals surface area contributed by atoms with E-state index in [2.05, 4.69) is 4.74 Å². The maximum atomic E-state index is 11.0. The van der Waals surface area contributed by atoms with Gasteiger partial charge in [-0.05, 0) is 6.42 Å². The first-order valence-electron chi connectivity index (χ1n) is 3.49. The number of rotatable bonds is 2. The van der Waals surface area contributed by atoms with Crippen LogP contribution in [0.3, 0.4) is 0 Å². The zero-order valence-corrected chi connectivity index (χ0v) is 6.32. The largest absolute Gasteiger partial charge is 0.469 e. The van der Waals surface area contributed by atoms with E-state index in [4.69, 9.17) is 0 Å². The molecule has 1 aliphatic rings. The molecule has 0 aromatic carbocycles. The highest BCUT2D eigenvalue weighted by atomic mass is 16.5. The maximum absolute atomic E-state index is 11.0. The minimum Gasteiger partial charge on any atom is -0.469 e. The van der Waals surface area contributed by atoms with Gasteiger partial charge in [0.25, 0.3) is 0 Å². The SMILES string of the molecule is COC(=O)[C@@H]1C=CC[C@H]1C=O. The average molecular weight is 154 g/mol. The molecule has 0 aromatic rings. The van der Waals surface area contributed by atoms with Gasteiger partial charge in [-0.3, -0.25) is 4.79 Å². The molecule has 2 atom stereocenters. The van der Waals surface area contributed by atoms with Gasteiger partial charge in [0.05, 0.1) is 13.0 Å². The highest BCUT2D eigenvalue weighted by Gasteiger charge is 2.29. The van der Waals surface area contributed by atoms with Gasteiger partial charge in [0.15, 0.2) is 0 Å². The van der Waals surface area contributed by atoms with Gasteiger partial charge in [-0.25, -0.2) is 0 Å². The standard InChI is InChI=1S/C8H10O3/c1-11-8(10)7-4-2-3-6(7)5-9/h2,4-7H,3H2,1H3/t6-,7+/m0/s1. The number of carbonyl (C=O) groups is 2. The van der Waals surface area contributed by atoms with Crippen molar-refractivity contribution in [1.82, 2.24) is 0 Å². The fourth-order valence-electron chi connectivity index (χ4n) is 1.20. The Bertz CT molecular complexity index is 196. The summed E-state index contributed by atoms with van der Waals surface area (Å²) in [6.07, 6.45) is 5.02. The van der Waals surface area contributed by atoms with Crippen LogP contribution in [-0.2, 0) is 14.3 Å². The second-order valence-electron chi connectivity index (χ2n) is 2.51. The van der Waals surface area contributed by atoms with Crippen LogP contribution in [0.2, 0.25) is 0 Å². The molecule has 1 rings (SSSR count). The molecule has 3 nitrogen and oxygen atoms in total. The summed E-state index contributed by atoms with van der Waals surface area (Å²) in [5, 5.41) is 0. The molecule has 0 N–H and O–H groups in total. The van der Waals surface area contributed by atoms with Crippen LogP contribution in [0, 0.1) is 11.8 Å². The summed E-state index contributed by atoms with van der Waals surface area (Å²) in [6.45, 7) is 0. The summed E-state index contributed by atoms with van der Waals surface area (Å²) in [6, 6.07) is 0. The number of hydrogen-bond donors (Lipinski definition) is 0. The van der Waals surface area contributed by atoms with Gasteiger partial charge in [0.2, 0.25) is 0 Å². The Morgan fingerprint density at radius 3 is 3.00 bits per heavy atom. The molecule has 0 heterocycles. The lowest BCUT2D eigenvalue weighted by Gasteiger charge is -2.09. The van der Waals surface area contributed by atoms with Gasteiger partial charge in [-0.1, -0.05) is 12.2 Å². The zero-order valence-electron chi connectivity index (χ0n) is 6.32. The van der Waals surface area contributed by atoms with E-state index in [1.54, 1.807) is 6.08 Å². The minimum absolute atomic E-state index is 0.206. The Morgan fingerprint density at radius 2 is 2.45 bits per heavy atom. The Kier molecular flexibility index (Phi) is 2.41. The van der Waals surface area contributed by atoms with E-state index < -0.39 is 0 Å². The lowest BCUT2D eigenvalue weighted by atomic mass is 9.98. The Hall–Kier alpha value is -1.12. The Labute approximate surface area is 65.0 Å². The fourth-order valence-corrected chi connectivity index (χ4v) is 1.20. The molecule has 0 aliphatic heterocycles. The van der Waals surface area contributed by atoms with E-state index >= 15 is 0 Å². The van der Waals surface area contributed by atoms with E-state index in [9.17, 15) is 9.59 Å². The molecule has 0 aromatic heterocycles. The van der Waals surface area contributed by atoms with Gasteiger partial charge in [0.1, 0.15) is 6.29 Å². The smallest absolute Gasteiger partial charge is 0.313 e. The van der Waals surface area contributed by atoms with Crippen molar-refractivity contribution in [1.29, 1.82) is 0 Å². The molecule has 11 heavy (non-hydrogen) atoms. The summed E-state index contributed by atoms with van der Waals surface area (Å²) in [7, 11) is 1.33. The van der Waals surface area contributed by atoms with E-state index in [0.29, 0.717) is 6.42 Å². The lowest BCUT2D eigenvalue weighted by molar-refractivity contribution is -0.146. The van der Waals surface area contributed by atoms with Crippen molar-refractivity contribution in [2.45, 2.75) is 6.42 Å². The summed E-state index contributed by atoms with van der Waals surface area (Å²) in [5.41, 5.74) is 0. The van der Waals surface area contributed by atoms with Crippen molar-refractivity contribution < 1.29 is 14.3 Å². The van der Waals surface area contributed by atoms with Crippen LogP contribution in [0.4, 0.5) is 0 Å². The van der Waals surface area contributed by atoms with Crippen molar-refractivity contribution >= 4 is 12.3 Å². The summed E-state index contributed by atoms with van der Waals surface area (Å²) in [5.74, 6) is -0.879. The third-order valence-corrected chi connectivity index (χ3v) is 1.86. The first-order valence-corrected chi connectivity index (χ1v) is 3.49. The monoisotopic (exact) mass is 154 g/mol. The number of aldehydes is 1. The predicted molar refractivity (Wildman–Crippen MR) is 38.8 cm³/mol. The van der Waals surface area contributed by atoms with Gasteiger partial charge in [-0.15, -0.1) is 0 Å². The molecule has 0 saturated carbocycles. The normalized spacial score (nSPS) is 28.5. The van der Waals surface area contributed by atoms with Crippen LogP contribution in [0.1, 0.15) is 6.42 Å². The van der Waals surface area contributed by atoms with Gasteiger partial charge in [0, 0.05) is 5.92 Å². The number of ether oxygens (including phenoxy) is 1. The van der Waals surface area contributed by atoms with Crippen LogP contribution < -0.4 is 0 Å². The molecule has 0 bridgehead atoms. The molecular weight excluding hydrogens is 144 g/mol. The van der Waals surface area contributed by atoms with Crippen LogP contribution in [0.25, 0.3) is 0 Å². The van der Waals surface area contributed by atoms with Crippen molar-refractivity contribution in [2.75, 3.05) is 7.11 Å². The predicted octanol–water partition coefficient (Wildman–Crippen LogP) is 0.551. The number of hydrogen-bond acceptors (Lipinski definition) is 3. The highest BCUT2D eigenvalue weighted by molar-refractivity contribution is 5.79. The molecule has 0 unspecified atom stereocenters. The molecule has 0 spiro atoms. The molecule has 0 amide bonds. The number of esters is 1. The number of allylic oxidation sites excluding steroid dienone is 1. The molecule has 0 fully saturated rings. The summed E-state index contributed by atoms with van der Waals surface area (Å²) in [4.78, 5) is 21.3. The van der Waals surface area contributed by atoms with Gasteiger partial charge >= 0.3 is 5.97 Å². The minimum atomic E-state index is -0.350. The van der Waals surface area contributed by atoms with Crippen LogP contribution >= 0.6 is 0 Å². The van der Waals surface area contributed by atoms with Gasteiger partial charge in [-0.2, -0.15) is 0 Å². The third kappa shape index (κ3) is 1.48. The van der Waals surface area contributed by atoms with Crippen molar-refractivity contribution in [3.05, 3.63) is 12.2 Å². The summed E-state index contributed by atoms with van der Waals surface area (Å²) < 4.78 is 4.52. The van der Waals surface area contributed by atoms with Crippen LogP contribution in [0.15, 0.2) is 12.2 Å². The maximum Gasteiger partial charge on any atom is 0.313 e. The Morgan fingerprint density at radius 1 is 1.73 bits per heavy atom. The van der Waals surface area contributed by atoms with Gasteiger partial charge < -0.3 is 9.53 Å².